The minimum Gasteiger partial charge on any atom is -0.334 e. The predicted molar refractivity (Wildman–Crippen MR) is 90.1 cm³/mol. The van der Waals surface area contributed by atoms with Crippen LogP contribution < -0.4 is 10.6 Å². The van der Waals surface area contributed by atoms with Crippen LogP contribution in [0.4, 0.5) is 5.69 Å². The third-order valence-electron chi connectivity index (χ3n) is 3.92. The minimum atomic E-state index is -0.356. The van der Waals surface area contributed by atoms with Crippen LogP contribution in [-0.2, 0) is 9.59 Å². The zero-order valence-electron chi connectivity index (χ0n) is 13.1. The maximum Gasteiger partial charge on any atom is 0.249 e. The van der Waals surface area contributed by atoms with Crippen LogP contribution >= 0.6 is 12.4 Å². The highest BCUT2D eigenvalue weighted by Gasteiger charge is 2.36. The normalized spacial score (nSPS) is 18.8. The van der Waals surface area contributed by atoms with Gasteiger partial charge >= 0.3 is 0 Å². The van der Waals surface area contributed by atoms with Gasteiger partial charge in [-0.3, -0.25) is 9.59 Å². The van der Waals surface area contributed by atoms with Gasteiger partial charge in [0.1, 0.15) is 6.04 Å². The van der Waals surface area contributed by atoms with E-state index in [0.717, 1.165) is 5.69 Å². The predicted octanol–water partition coefficient (Wildman–Crippen LogP) is 1.80. The molecule has 2 amide bonds. The first-order chi connectivity index (χ1) is 10.0. The van der Waals surface area contributed by atoms with Gasteiger partial charge in [-0.15, -0.1) is 12.4 Å². The molecule has 0 aliphatic carbocycles. The molecule has 1 aliphatic heterocycles. The third kappa shape index (κ3) is 4.21. The molecule has 2 atom stereocenters. The summed E-state index contributed by atoms with van der Waals surface area (Å²) in [7, 11) is 1.71. The summed E-state index contributed by atoms with van der Waals surface area (Å²) in [6.45, 7) is 2.53. The molecule has 22 heavy (non-hydrogen) atoms. The number of likely N-dealkylation sites (N-methyl/N-ethyl adjacent to an activating group) is 1. The van der Waals surface area contributed by atoms with E-state index in [0.29, 0.717) is 25.8 Å². The van der Waals surface area contributed by atoms with E-state index < -0.39 is 0 Å². The standard InChI is InChI=1S/C16H23N3O2.ClH/c1-12(17)8-9-15(20)18(2)14-10-11-19(16(14)21)13-6-4-3-5-7-13;/h3-7,12,14H,8-11,17H2,1-2H3;1H. The maximum absolute atomic E-state index is 12.5. The molecule has 0 aromatic heterocycles. The highest BCUT2D eigenvalue weighted by atomic mass is 35.5. The fourth-order valence-electron chi connectivity index (χ4n) is 2.59. The van der Waals surface area contributed by atoms with Gasteiger partial charge in [-0.1, -0.05) is 18.2 Å². The fourth-order valence-corrected chi connectivity index (χ4v) is 2.59. The van der Waals surface area contributed by atoms with Gasteiger partial charge in [0, 0.05) is 31.7 Å². The zero-order valence-corrected chi connectivity index (χ0v) is 13.9. The third-order valence-corrected chi connectivity index (χ3v) is 3.92. The maximum atomic E-state index is 12.5. The lowest BCUT2D eigenvalue weighted by atomic mass is 10.1. The Morgan fingerprint density at radius 3 is 2.64 bits per heavy atom. The Morgan fingerprint density at radius 1 is 1.41 bits per heavy atom. The summed E-state index contributed by atoms with van der Waals surface area (Å²) in [5.41, 5.74) is 6.56. The van der Waals surface area contributed by atoms with E-state index in [4.69, 9.17) is 5.73 Å². The van der Waals surface area contributed by atoms with Crippen LogP contribution in [-0.4, -0.2) is 42.4 Å². The van der Waals surface area contributed by atoms with Crippen LogP contribution in [0, 0.1) is 0 Å². The molecule has 1 aliphatic rings. The van der Waals surface area contributed by atoms with Crippen LogP contribution in [0.15, 0.2) is 30.3 Å². The van der Waals surface area contributed by atoms with Gasteiger partial charge in [0.05, 0.1) is 0 Å². The Bertz CT molecular complexity index is 507. The highest BCUT2D eigenvalue weighted by Crippen LogP contribution is 2.24. The molecule has 1 aromatic carbocycles. The van der Waals surface area contributed by atoms with Crippen LogP contribution in [0.25, 0.3) is 0 Å². The van der Waals surface area contributed by atoms with E-state index in [-0.39, 0.29) is 36.3 Å². The van der Waals surface area contributed by atoms with Crippen molar-refractivity contribution in [3.8, 4) is 0 Å². The number of nitrogens with zero attached hydrogens (tertiary/aromatic N) is 2. The van der Waals surface area contributed by atoms with Crippen LogP contribution in [0.2, 0.25) is 0 Å². The Balaban J connectivity index is 0.00000242. The first-order valence-corrected chi connectivity index (χ1v) is 7.38. The summed E-state index contributed by atoms with van der Waals surface area (Å²) < 4.78 is 0. The molecule has 1 fully saturated rings. The van der Waals surface area contributed by atoms with Crippen molar-refractivity contribution in [2.24, 2.45) is 5.73 Å². The number of carbonyl (C=O) groups excluding carboxylic acids is 2. The first-order valence-electron chi connectivity index (χ1n) is 7.38. The number of para-hydroxylation sites is 1. The van der Waals surface area contributed by atoms with E-state index in [1.54, 1.807) is 16.8 Å². The van der Waals surface area contributed by atoms with Crippen molar-refractivity contribution >= 4 is 29.9 Å². The summed E-state index contributed by atoms with van der Waals surface area (Å²) in [6.07, 6.45) is 1.71. The number of anilines is 1. The Kier molecular flexibility index (Phi) is 6.84. The second-order valence-electron chi connectivity index (χ2n) is 5.65. The topological polar surface area (TPSA) is 66.6 Å². The van der Waals surface area contributed by atoms with Gasteiger partial charge < -0.3 is 15.5 Å². The quantitative estimate of drug-likeness (QED) is 0.897. The molecule has 2 unspecified atom stereocenters. The molecular formula is C16H24ClN3O2. The van der Waals surface area contributed by atoms with E-state index in [9.17, 15) is 9.59 Å². The number of halogens is 1. The molecule has 122 valence electrons. The van der Waals surface area contributed by atoms with Gasteiger partial charge in [-0.05, 0) is 31.9 Å². The lowest BCUT2D eigenvalue weighted by Gasteiger charge is -2.24. The van der Waals surface area contributed by atoms with Crippen molar-refractivity contribution in [2.45, 2.75) is 38.3 Å². The van der Waals surface area contributed by atoms with Gasteiger partial charge in [0.2, 0.25) is 11.8 Å². The van der Waals surface area contributed by atoms with Crippen molar-refractivity contribution in [3.63, 3.8) is 0 Å². The van der Waals surface area contributed by atoms with Gasteiger partial charge in [0.15, 0.2) is 0 Å². The molecule has 1 heterocycles. The molecule has 2 N–H and O–H groups in total. The molecule has 5 nitrogen and oxygen atoms in total. The number of hydrogen-bond acceptors (Lipinski definition) is 3. The van der Waals surface area contributed by atoms with Gasteiger partial charge in [-0.2, -0.15) is 0 Å². The Morgan fingerprint density at radius 2 is 2.05 bits per heavy atom. The van der Waals surface area contributed by atoms with Gasteiger partial charge in [0.25, 0.3) is 0 Å². The van der Waals surface area contributed by atoms with E-state index in [1.807, 2.05) is 37.3 Å². The second kappa shape index (κ2) is 8.15. The van der Waals surface area contributed by atoms with Gasteiger partial charge in [-0.25, -0.2) is 0 Å². The number of hydrogen-bond donors (Lipinski definition) is 1. The molecule has 1 saturated heterocycles. The van der Waals surface area contributed by atoms with Crippen molar-refractivity contribution < 1.29 is 9.59 Å². The molecular weight excluding hydrogens is 302 g/mol. The molecule has 2 rings (SSSR count). The highest BCUT2D eigenvalue weighted by molar-refractivity contribution is 6.01. The van der Waals surface area contributed by atoms with Crippen LogP contribution in [0.5, 0.6) is 0 Å². The summed E-state index contributed by atoms with van der Waals surface area (Å²) in [4.78, 5) is 27.9. The van der Waals surface area contributed by atoms with Crippen molar-refractivity contribution in [2.75, 3.05) is 18.5 Å². The van der Waals surface area contributed by atoms with E-state index in [1.165, 1.54) is 0 Å². The Hall–Kier alpha value is -1.59. The summed E-state index contributed by atoms with van der Waals surface area (Å²) in [5.74, 6) is -0.0154. The van der Waals surface area contributed by atoms with E-state index in [2.05, 4.69) is 0 Å². The fraction of sp³-hybridized carbons (Fsp3) is 0.500. The minimum absolute atomic E-state index is 0. The van der Waals surface area contributed by atoms with E-state index >= 15 is 0 Å². The van der Waals surface area contributed by atoms with Crippen molar-refractivity contribution in [3.05, 3.63) is 30.3 Å². The number of carbonyl (C=O) groups is 2. The second-order valence-corrected chi connectivity index (χ2v) is 5.65. The Labute approximate surface area is 137 Å². The summed E-state index contributed by atoms with van der Waals surface area (Å²) in [6, 6.07) is 9.22. The molecule has 1 aromatic rings. The largest absolute Gasteiger partial charge is 0.334 e. The SMILES string of the molecule is CC(N)CCC(=O)N(C)C1CCN(c2ccccc2)C1=O.Cl. The number of nitrogens with two attached hydrogens (primary N) is 1. The summed E-state index contributed by atoms with van der Waals surface area (Å²) in [5, 5.41) is 0. The molecule has 6 heteroatoms. The van der Waals surface area contributed by atoms with Crippen molar-refractivity contribution in [1.29, 1.82) is 0 Å². The smallest absolute Gasteiger partial charge is 0.249 e. The van der Waals surface area contributed by atoms with Crippen molar-refractivity contribution in [1.82, 2.24) is 4.90 Å². The number of benzene rings is 1. The first kappa shape index (κ1) is 18.5. The lowest BCUT2D eigenvalue weighted by Crippen LogP contribution is -2.43. The molecule has 0 spiro atoms. The lowest BCUT2D eigenvalue weighted by molar-refractivity contribution is -0.136. The molecule has 0 saturated carbocycles. The monoisotopic (exact) mass is 325 g/mol. The molecule has 0 radical (unpaired) electrons. The number of amides is 2. The zero-order chi connectivity index (χ0) is 15.4. The average molecular weight is 326 g/mol. The molecule has 0 bridgehead atoms. The average Bonchev–Trinajstić information content (AvgIpc) is 2.86. The van der Waals surface area contributed by atoms with Crippen LogP contribution in [0.3, 0.4) is 0 Å². The number of rotatable bonds is 5. The van der Waals surface area contributed by atoms with Crippen LogP contribution in [0.1, 0.15) is 26.2 Å². The summed E-state index contributed by atoms with van der Waals surface area (Å²) >= 11 is 0.